The van der Waals surface area contributed by atoms with Gasteiger partial charge in [-0.2, -0.15) is 0 Å². The third kappa shape index (κ3) is 4.63. The Balaban J connectivity index is 1.67. The van der Waals surface area contributed by atoms with Gasteiger partial charge in [0.1, 0.15) is 5.75 Å². The van der Waals surface area contributed by atoms with Gasteiger partial charge in [-0.15, -0.1) is 0 Å². The van der Waals surface area contributed by atoms with E-state index in [-0.39, 0.29) is 11.8 Å². The van der Waals surface area contributed by atoms with Crippen LogP contribution in [-0.2, 0) is 11.2 Å². The zero-order chi connectivity index (χ0) is 19.2. The summed E-state index contributed by atoms with van der Waals surface area (Å²) < 4.78 is 5.41. The molecule has 1 aromatic carbocycles. The van der Waals surface area contributed by atoms with Crippen LogP contribution in [0.2, 0.25) is 0 Å². The minimum atomic E-state index is 0.00844. The van der Waals surface area contributed by atoms with Crippen LogP contribution in [0.4, 0.5) is 0 Å². The highest BCUT2D eigenvalue weighted by atomic mass is 16.5. The van der Waals surface area contributed by atoms with Crippen LogP contribution in [0.3, 0.4) is 0 Å². The highest BCUT2D eigenvalue weighted by molar-refractivity contribution is 5.97. The average Bonchev–Trinajstić information content (AvgIpc) is 2.99. The molecule has 0 spiro atoms. The van der Waals surface area contributed by atoms with Crippen LogP contribution < -0.4 is 4.74 Å². The zero-order valence-corrected chi connectivity index (χ0v) is 16.7. The number of carbonyl (C=O) groups is 2. The molecule has 0 N–H and O–H groups in total. The predicted octanol–water partition coefficient (Wildman–Crippen LogP) is 3.51. The molecule has 0 unspecified atom stereocenters. The van der Waals surface area contributed by atoms with Gasteiger partial charge in [-0.25, -0.2) is 0 Å². The third-order valence-electron chi connectivity index (χ3n) is 5.95. The monoisotopic (exact) mass is 372 g/mol. The Morgan fingerprint density at radius 1 is 1.00 bits per heavy atom. The third-order valence-corrected chi connectivity index (χ3v) is 5.95. The lowest BCUT2D eigenvalue weighted by Crippen LogP contribution is -2.40. The number of amides is 2. The van der Waals surface area contributed by atoms with Gasteiger partial charge in [-0.05, 0) is 43.4 Å². The molecule has 0 radical (unpaired) electrons. The fourth-order valence-electron chi connectivity index (χ4n) is 4.26. The maximum Gasteiger partial charge on any atom is 0.257 e. The summed E-state index contributed by atoms with van der Waals surface area (Å²) >= 11 is 0. The van der Waals surface area contributed by atoms with Crippen molar-refractivity contribution in [1.82, 2.24) is 9.80 Å². The van der Waals surface area contributed by atoms with Crippen molar-refractivity contribution in [2.45, 2.75) is 51.9 Å². The smallest absolute Gasteiger partial charge is 0.257 e. The first-order valence-electron chi connectivity index (χ1n) is 10.4. The molecule has 1 saturated carbocycles. The van der Waals surface area contributed by atoms with E-state index in [4.69, 9.17) is 4.74 Å². The lowest BCUT2D eigenvalue weighted by molar-refractivity contribution is -0.136. The van der Waals surface area contributed by atoms with E-state index in [0.29, 0.717) is 36.9 Å². The average molecular weight is 373 g/mol. The van der Waals surface area contributed by atoms with E-state index in [9.17, 15) is 9.59 Å². The van der Waals surface area contributed by atoms with Crippen LogP contribution in [0.15, 0.2) is 18.2 Å². The maximum atomic E-state index is 13.1. The molecule has 0 bridgehead atoms. The lowest BCUT2D eigenvalue weighted by atomic mass is 9.88. The standard InChI is InChI=1S/C22H32N2O3/c1-3-17-10-11-20(27-2)19(16-17)22(26)24-13-7-12-23(14-15-24)21(25)18-8-5-4-6-9-18/h10-11,16,18H,3-9,12-15H2,1-2H3. The minimum Gasteiger partial charge on any atom is -0.496 e. The number of ether oxygens (including phenoxy) is 1. The van der Waals surface area contributed by atoms with Crippen molar-refractivity contribution >= 4 is 11.8 Å². The van der Waals surface area contributed by atoms with Gasteiger partial charge in [0, 0.05) is 32.1 Å². The van der Waals surface area contributed by atoms with E-state index < -0.39 is 0 Å². The van der Waals surface area contributed by atoms with Crippen molar-refractivity contribution in [3.05, 3.63) is 29.3 Å². The minimum absolute atomic E-state index is 0.00844. The zero-order valence-electron chi connectivity index (χ0n) is 16.7. The second kappa shape index (κ2) is 9.25. The van der Waals surface area contributed by atoms with Gasteiger partial charge in [-0.3, -0.25) is 9.59 Å². The molecule has 1 aliphatic carbocycles. The largest absolute Gasteiger partial charge is 0.496 e. The van der Waals surface area contributed by atoms with Gasteiger partial charge in [0.05, 0.1) is 12.7 Å². The molecule has 148 valence electrons. The van der Waals surface area contributed by atoms with Crippen LogP contribution in [0, 0.1) is 5.92 Å². The summed E-state index contributed by atoms with van der Waals surface area (Å²) in [5.74, 6) is 1.13. The topological polar surface area (TPSA) is 49.9 Å². The van der Waals surface area contributed by atoms with E-state index >= 15 is 0 Å². The van der Waals surface area contributed by atoms with Gasteiger partial charge < -0.3 is 14.5 Å². The highest BCUT2D eigenvalue weighted by Gasteiger charge is 2.29. The maximum absolute atomic E-state index is 13.1. The molecule has 1 aromatic rings. The number of hydrogen-bond donors (Lipinski definition) is 0. The van der Waals surface area contributed by atoms with Gasteiger partial charge in [0.25, 0.3) is 5.91 Å². The molecule has 2 aliphatic rings. The molecular formula is C22H32N2O3. The number of methoxy groups -OCH3 is 1. The van der Waals surface area contributed by atoms with E-state index in [1.807, 2.05) is 28.0 Å². The van der Waals surface area contributed by atoms with E-state index in [2.05, 4.69) is 6.92 Å². The van der Waals surface area contributed by atoms with Crippen molar-refractivity contribution in [2.75, 3.05) is 33.3 Å². The van der Waals surface area contributed by atoms with Gasteiger partial charge >= 0.3 is 0 Å². The van der Waals surface area contributed by atoms with Gasteiger partial charge in [0.15, 0.2) is 0 Å². The van der Waals surface area contributed by atoms with Crippen molar-refractivity contribution in [2.24, 2.45) is 5.92 Å². The van der Waals surface area contributed by atoms with Crippen LogP contribution in [0.1, 0.15) is 61.4 Å². The number of benzene rings is 1. The molecule has 5 nitrogen and oxygen atoms in total. The molecule has 0 aromatic heterocycles. The number of rotatable bonds is 4. The molecule has 0 atom stereocenters. The van der Waals surface area contributed by atoms with Gasteiger partial charge in [-0.1, -0.05) is 32.3 Å². The first-order chi connectivity index (χ1) is 13.1. The summed E-state index contributed by atoms with van der Waals surface area (Å²) in [5, 5.41) is 0. The van der Waals surface area contributed by atoms with E-state index in [1.54, 1.807) is 7.11 Å². The molecule has 1 aliphatic heterocycles. The van der Waals surface area contributed by atoms with Crippen molar-refractivity contribution in [1.29, 1.82) is 0 Å². The van der Waals surface area contributed by atoms with E-state index in [0.717, 1.165) is 37.8 Å². The molecule has 1 heterocycles. The van der Waals surface area contributed by atoms with Crippen LogP contribution in [0.5, 0.6) is 5.75 Å². The fourth-order valence-corrected chi connectivity index (χ4v) is 4.26. The Kier molecular flexibility index (Phi) is 6.75. The van der Waals surface area contributed by atoms with Crippen molar-refractivity contribution in [3.63, 3.8) is 0 Å². The lowest BCUT2D eigenvalue weighted by Gasteiger charge is -2.28. The molecule has 27 heavy (non-hydrogen) atoms. The van der Waals surface area contributed by atoms with Crippen LogP contribution in [-0.4, -0.2) is 54.9 Å². The Morgan fingerprint density at radius 2 is 1.70 bits per heavy atom. The molecule has 3 rings (SSSR count). The Bertz CT molecular complexity index is 668. The Morgan fingerprint density at radius 3 is 2.41 bits per heavy atom. The second-order valence-corrected chi connectivity index (χ2v) is 7.69. The number of nitrogens with zero attached hydrogens (tertiary/aromatic N) is 2. The fraction of sp³-hybridized carbons (Fsp3) is 0.636. The summed E-state index contributed by atoms with van der Waals surface area (Å²) in [6.45, 7) is 4.75. The summed E-state index contributed by atoms with van der Waals surface area (Å²) in [7, 11) is 1.60. The normalized spacial score (nSPS) is 18.9. The summed E-state index contributed by atoms with van der Waals surface area (Å²) in [5.41, 5.74) is 1.76. The highest BCUT2D eigenvalue weighted by Crippen LogP contribution is 2.26. The first-order valence-corrected chi connectivity index (χ1v) is 10.4. The molecule has 2 fully saturated rings. The number of carbonyl (C=O) groups excluding carboxylic acids is 2. The number of hydrogen-bond acceptors (Lipinski definition) is 3. The van der Waals surface area contributed by atoms with Crippen molar-refractivity contribution < 1.29 is 14.3 Å². The quantitative estimate of drug-likeness (QED) is 0.813. The second-order valence-electron chi connectivity index (χ2n) is 7.69. The predicted molar refractivity (Wildman–Crippen MR) is 106 cm³/mol. The SMILES string of the molecule is CCc1ccc(OC)c(C(=O)N2CCCN(C(=O)C3CCCCC3)CC2)c1. The summed E-state index contributed by atoms with van der Waals surface area (Å²) in [6.07, 6.45) is 7.36. The van der Waals surface area contributed by atoms with Crippen LogP contribution in [0.25, 0.3) is 0 Å². The Hall–Kier alpha value is -2.04. The van der Waals surface area contributed by atoms with Gasteiger partial charge in [0.2, 0.25) is 5.91 Å². The summed E-state index contributed by atoms with van der Waals surface area (Å²) in [4.78, 5) is 29.8. The molecule has 5 heteroatoms. The summed E-state index contributed by atoms with van der Waals surface area (Å²) in [6, 6.07) is 5.82. The molecular weight excluding hydrogens is 340 g/mol. The number of aryl methyl sites for hydroxylation is 1. The first kappa shape index (κ1) is 19.7. The van der Waals surface area contributed by atoms with E-state index in [1.165, 1.54) is 19.3 Å². The molecule has 1 saturated heterocycles. The molecule has 2 amide bonds. The van der Waals surface area contributed by atoms with Crippen LogP contribution >= 0.6 is 0 Å². The Labute approximate surface area is 162 Å². The van der Waals surface area contributed by atoms with Crippen molar-refractivity contribution in [3.8, 4) is 5.75 Å².